The summed E-state index contributed by atoms with van der Waals surface area (Å²) in [6.07, 6.45) is 2.79. The molecule has 2 aromatic carbocycles. The summed E-state index contributed by atoms with van der Waals surface area (Å²) < 4.78 is 13.2. The van der Waals surface area contributed by atoms with Crippen LogP contribution >= 0.6 is 0 Å². The van der Waals surface area contributed by atoms with E-state index in [0.717, 1.165) is 16.5 Å². The summed E-state index contributed by atoms with van der Waals surface area (Å²) in [7, 11) is 0. The molecule has 4 nitrogen and oxygen atoms in total. The number of aliphatic hydroxyl groups excluding tert-OH is 1. The van der Waals surface area contributed by atoms with Gasteiger partial charge in [0, 0.05) is 22.7 Å². The van der Waals surface area contributed by atoms with E-state index in [1.165, 1.54) is 12.1 Å². The number of rotatable bonds is 4. The van der Waals surface area contributed by atoms with E-state index in [9.17, 15) is 14.3 Å². The molecule has 0 bridgehead atoms. The first-order chi connectivity index (χ1) is 12.1. The van der Waals surface area contributed by atoms with Crippen molar-refractivity contribution in [2.24, 2.45) is 5.92 Å². The number of hydrogen-bond donors (Lipinski definition) is 3. The number of amides is 1. The van der Waals surface area contributed by atoms with Gasteiger partial charge in [0.05, 0.1) is 12.1 Å². The first-order valence-electron chi connectivity index (χ1n) is 8.42. The summed E-state index contributed by atoms with van der Waals surface area (Å²) in [6, 6.07) is 13.4. The number of nitrogens with one attached hydrogen (secondary N) is 2. The van der Waals surface area contributed by atoms with E-state index in [0.29, 0.717) is 18.4 Å². The first-order valence-corrected chi connectivity index (χ1v) is 8.42. The summed E-state index contributed by atoms with van der Waals surface area (Å²) in [5.74, 6) is -0.320. The Hall–Kier alpha value is -2.66. The van der Waals surface area contributed by atoms with Crippen molar-refractivity contribution in [3.63, 3.8) is 0 Å². The molecule has 128 valence electrons. The Labute approximate surface area is 144 Å². The minimum atomic E-state index is -0.318. The van der Waals surface area contributed by atoms with Gasteiger partial charge in [-0.25, -0.2) is 4.39 Å². The minimum Gasteiger partial charge on any atom is -0.393 e. The van der Waals surface area contributed by atoms with Crippen LogP contribution in [0.3, 0.4) is 0 Å². The fourth-order valence-corrected chi connectivity index (χ4v) is 3.46. The maximum absolute atomic E-state index is 13.2. The lowest BCUT2D eigenvalue weighted by atomic mass is 9.75. The van der Waals surface area contributed by atoms with Crippen LogP contribution in [-0.2, 0) is 0 Å². The zero-order valence-corrected chi connectivity index (χ0v) is 13.6. The normalized spacial score (nSPS) is 20.9. The van der Waals surface area contributed by atoms with Gasteiger partial charge in [-0.05, 0) is 60.7 Å². The monoisotopic (exact) mass is 338 g/mol. The summed E-state index contributed by atoms with van der Waals surface area (Å²) >= 11 is 0. The molecule has 1 amide bonds. The van der Waals surface area contributed by atoms with E-state index in [1.54, 1.807) is 18.2 Å². The number of H-pyrrole nitrogens is 1. The van der Waals surface area contributed by atoms with Crippen LogP contribution in [0.25, 0.3) is 10.9 Å². The van der Waals surface area contributed by atoms with Crippen molar-refractivity contribution in [2.45, 2.75) is 25.0 Å². The number of halogens is 1. The van der Waals surface area contributed by atoms with Gasteiger partial charge in [-0.1, -0.05) is 12.1 Å². The topological polar surface area (TPSA) is 65.1 Å². The number of aliphatic hydroxyl groups is 1. The van der Waals surface area contributed by atoms with Crippen LogP contribution in [0.1, 0.15) is 34.8 Å². The highest BCUT2D eigenvalue weighted by atomic mass is 19.1. The van der Waals surface area contributed by atoms with Gasteiger partial charge in [0.25, 0.3) is 5.91 Å². The van der Waals surface area contributed by atoms with Crippen molar-refractivity contribution < 1.29 is 14.3 Å². The fraction of sp³-hybridized carbons (Fsp3) is 0.250. The molecule has 0 unspecified atom stereocenters. The van der Waals surface area contributed by atoms with Crippen LogP contribution < -0.4 is 5.32 Å². The van der Waals surface area contributed by atoms with Crippen LogP contribution in [0.5, 0.6) is 0 Å². The van der Waals surface area contributed by atoms with E-state index in [-0.39, 0.29) is 29.8 Å². The van der Waals surface area contributed by atoms with Crippen molar-refractivity contribution in [1.29, 1.82) is 0 Å². The summed E-state index contributed by atoms with van der Waals surface area (Å²) in [6.45, 7) is 0. The Morgan fingerprint density at radius 3 is 2.64 bits per heavy atom. The Morgan fingerprint density at radius 1 is 1.16 bits per heavy atom. The van der Waals surface area contributed by atoms with Gasteiger partial charge in [-0.2, -0.15) is 0 Å². The largest absolute Gasteiger partial charge is 0.393 e. The van der Waals surface area contributed by atoms with E-state index >= 15 is 0 Å². The van der Waals surface area contributed by atoms with Gasteiger partial charge in [0.1, 0.15) is 5.82 Å². The minimum absolute atomic E-state index is 0.153. The van der Waals surface area contributed by atoms with Crippen molar-refractivity contribution in [3.05, 3.63) is 71.7 Å². The maximum Gasteiger partial charge on any atom is 0.251 e. The smallest absolute Gasteiger partial charge is 0.251 e. The van der Waals surface area contributed by atoms with Crippen molar-refractivity contribution >= 4 is 16.8 Å². The molecular formula is C20H19FN2O2. The quantitative estimate of drug-likeness (QED) is 0.681. The van der Waals surface area contributed by atoms with Crippen LogP contribution in [0.15, 0.2) is 54.7 Å². The van der Waals surface area contributed by atoms with Gasteiger partial charge in [0.2, 0.25) is 0 Å². The lowest BCUT2D eigenvalue weighted by Crippen LogP contribution is -2.41. The molecule has 1 fully saturated rings. The second-order valence-corrected chi connectivity index (χ2v) is 6.67. The third-order valence-electron chi connectivity index (χ3n) is 4.95. The van der Waals surface area contributed by atoms with Gasteiger partial charge in [0.15, 0.2) is 0 Å². The second-order valence-electron chi connectivity index (χ2n) is 6.67. The molecule has 0 radical (unpaired) electrons. The predicted molar refractivity (Wildman–Crippen MR) is 93.6 cm³/mol. The summed E-state index contributed by atoms with van der Waals surface area (Å²) in [5.41, 5.74) is 2.42. The first kappa shape index (κ1) is 15.8. The van der Waals surface area contributed by atoms with Crippen molar-refractivity contribution in [3.8, 4) is 0 Å². The standard InChI is InChI=1S/C20H19FN2O2/c21-16-4-1-12(2-5-16)19(15-10-17(24)11-15)23-20(25)14-3-6-18-13(9-14)7-8-22-18/h1-9,15,17,19,22,24H,10-11H2,(H,23,25)/t15?,17?,19-/m0/s1. The highest BCUT2D eigenvalue weighted by Crippen LogP contribution is 2.38. The number of hydrogen-bond acceptors (Lipinski definition) is 2. The molecule has 0 aliphatic heterocycles. The molecule has 25 heavy (non-hydrogen) atoms. The van der Waals surface area contributed by atoms with Gasteiger partial charge < -0.3 is 15.4 Å². The molecule has 1 aliphatic rings. The Kier molecular flexibility index (Phi) is 4.01. The van der Waals surface area contributed by atoms with Crippen molar-refractivity contribution in [2.75, 3.05) is 0 Å². The van der Waals surface area contributed by atoms with Crippen LogP contribution in [-0.4, -0.2) is 22.1 Å². The highest BCUT2D eigenvalue weighted by molar-refractivity contribution is 5.98. The maximum atomic E-state index is 13.2. The van der Waals surface area contributed by atoms with Crippen LogP contribution in [0.2, 0.25) is 0 Å². The average Bonchev–Trinajstić information content (AvgIpc) is 3.05. The van der Waals surface area contributed by atoms with E-state index in [1.807, 2.05) is 24.4 Å². The van der Waals surface area contributed by atoms with E-state index in [2.05, 4.69) is 10.3 Å². The van der Waals surface area contributed by atoms with E-state index < -0.39 is 0 Å². The third-order valence-corrected chi connectivity index (χ3v) is 4.95. The van der Waals surface area contributed by atoms with E-state index in [4.69, 9.17) is 0 Å². The fourth-order valence-electron chi connectivity index (χ4n) is 3.46. The second kappa shape index (κ2) is 6.33. The lowest BCUT2D eigenvalue weighted by Gasteiger charge is -2.38. The summed E-state index contributed by atoms with van der Waals surface area (Å²) in [4.78, 5) is 15.8. The lowest BCUT2D eigenvalue weighted by molar-refractivity contribution is 0.0235. The van der Waals surface area contributed by atoms with Crippen LogP contribution in [0.4, 0.5) is 4.39 Å². The molecule has 5 heteroatoms. The number of benzene rings is 2. The molecule has 1 aromatic heterocycles. The molecule has 4 rings (SSSR count). The molecule has 0 saturated heterocycles. The Balaban J connectivity index is 1.58. The molecular weight excluding hydrogens is 319 g/mol. The molecule has 3 N–H and O–H groups in total. The molecule has 0 spiro atoms. The Bertz CT molecular complexity index is 897. The number of fused-ring (bicyclic) bond motifs is 1. The molecule has 1 saturated carbocycles. The average molecular weight is 338 g/mol. The SMILES string of the molecule is O=C(N[C@@H](c1ccc(F)cc1)C1CC(O)C1)c1ccc2[nH]ccc2c1. The highest BCUT2D eigenvalue weighted by Gasteiger charge is 2.35. The third kappa shape index (κ3) is 3.15. The van der Waals surface area contributed by atoms with Crippen molar-refractivity contribution in [1.82, 2.24) is 10.3 Å². The Morgan fingerprint density at radius 2 is 1.92 bits per heavy atom. The molecule has 1 heterocycles. The van der Waals surface area contributed by atoms with Gasteiger partial charge in [-0.15, -0.1) is 0 Å². The number of carbonyl (C=O) groups is 1. The summed E-state index contributed by atoms with van der Waals surface area (Å²) in [5, 5.41) is 13.7. The predicted octanol–water partition coefficient (Wildman–Crippen LogP) is 3.55. The zero-order valence-electron chi connectivity index (χ0n) is 13.6. The number of aromatic amines is 1. The van der Waals surface area contributed by atoms with Crippen LogP contribution in [0, 0.1) is 11.7 Å². The molecule has 3 aromatic rings. The van der Waals surface area contributed by atoms with Gasteiger partial charge >= 0.3 is 0 Å². The van der Waals surface area contributed by atoms with Gasteiger partial charge in [-0.3, -0.25) is 4.79 Å². The number of carbonyl (C=O) groups excluding carboxylic acids is 1. The molecule has 1 aliphatic carbocycles. The molecule has 1 atom stereocenters. The zero-order chi connectivity index (χ0) is 17.4. The number of aromatic nitrogens is 1.